The third-order valence-electron chi connectivity index (χ3n) is 13.5. The molecule has 0 saturated carbocycles. The second-order valence-electron chi connectivity index (χ2n) is 16.1. The van der Waals surface area contributed by atoms with Gasteiger partial charge < -0.3 is 9.47 Å². The highest BCUT2D eigenvalue weighted by Gasteiger charge is 2.76. The van der Waals surface area contributed by atoms with Crippen molar-refractivity contribution in [3.8, 4) is 0 Å². The molecule has 5 atom stereocenters. The Morgan fingerprint density at radius 3 is 1.38 bits per heavy atom. The minimum atomic E-state index is -0.660. The maximum absolute atomic E-state index is 7.41. The molecule has 3 aliphatic heterocycles. The number of hydrogen-bond donors (Lipinski definition) is 0. The SMILES string of the molecule is c1ccc(CC2CCSC(C3CCCCO3)(C3CCCO3)C2(C(c2ccccc2)c2ccccc2)C(c2ccccc2)(c2ccccc2)c2ccccc2)cc1. The van der Waals surface area contributed by atoms with Gasteiger partial charge in [0.05, 0.1) is 22.4 Å². The molecular weight excluding hydrogens is 701 g/mol. The summed E-state index contributed by atoms with van der Waals surface area (Å²) in [5, 5.41) is 0. The van der Waals surface area contributed by atoms with E-state index in [1.165, 1.54) is 33.4 Å². The van der Waals surface area contributed by atoms with Crippen molar-refractivity contribution in [2.45, 2.75) is 73.2 Å². The van der Waals surface area contributed by atoms with E-state index in [9.17, 15) is 0 Å². The first-order valence-electron chi connectivity index (χ1n) is 21.0. The smallest absolute Gasteiger partial charge is 0.0765 e. The largest absolute Gasteiger partial charge is 0.377 e. The molecule has 284 valence electrons. The lowest BCUT2D eigenvalue weighted by Gasteiger charge is -2.71. The number of rotatable bonds is 11. The monoisotopic (exact) mass is 754 g/mol. The van der Waals surface area contributed by atoms with Crippen LogP contribution in [0, 0.1) is 11.3 Å². The van der Waals surface area contributed by atoms with E-state index in [-0.39, 0.29) is 24.0 Å². The van der Waals surface area contributed by atoms with Crippen LogP contribution in [0.3, 0.4) is 0 Å². The summed E-state index contributed by atoms with van der Waals surface area (Å²) in [6, 6.07) is 69.4. The van der Waals surface area contributed by atoms with Gasteiger partial charge in [-0.15, -0.1) is 11.8 Å². The lowest BCUT2D eigenvalue weighted by molar-refractivity contribution is -0.136. The van der Waals surface area contributed by atoms with Crippen LogP contribution < -0.4 is 0 Å². The van der Waals surface area contributed by atoms with Crippen LogP contribution in [0.4, 0.5) is 0 Å². The van der Waals surface area contributed by atoms with Crippen LogP contribution in [0.15, 0.2) is 182 Å². The maximum Gasteiger partial charge on any atom is 0.0765 e. The fraction of sp³-hybridized carbons (Fsp3) is 0.321. The summed E-state index contributed by atoms with van der Waals surface area (Å²) in [7, 11) is 0. The van der Waals surface area contributed by atoms with E-state index in [0.29, 0.717) is 0 Å². The zero-order valence-electron chi connectivity index (χ0n) is 32.4. The molecule has 3 heterocycles. The predicted octanol–water partition coefficient (Wildman–Crippen LogP) is 12.3. The minimum Gasteiger partial charge on any atom is -0.377 e. The van der Waals surface area contributed by atoms with Crippen LogP contribution in [-0.2, 0) is 21.3 Å². The lowest BCUT2D eigenvalue weighted by Crippen LogP contribution is -2.75. The molecule has 3 heteroatoms. The summed E-state index contributed by atoms with van der Waals surface area (Å²) in [6.07, 6.45) is 7.40. The Balaban J connectivity index is 1.56. The molecule has 3 saturated heterocycles. The van der Waals surface area contributed by atoms with E-state index in [0.717, 1.165) is 63.9 Å². The highest BCUT2D eigenvalue weighted by molar-refractivity contribution is 8.00. The zero-order chi connectivity index (χ0) is 37.7. The van der Waals surface area contributed by atoms with Crippen molar-refractivity contribution in [1.82, 2.24) is 0 Å². The van der Waals surface area contributed by atoms with Crippen LogP contribution in [0.25, 0.3) is 0 Å². The average molecular weight is 755 g/mol. The summed E-state index contributed by atoms with van der Waals surface area (Å²) in [5.74, 6) is 1.23. The van der Waals surface area contributed by atoms with Crippen molar-refractivity contribution >= 4 is 11.8 Å². The van der Waals surface area contributed by atoms with Gasteiger partial charge in [-0.1, -0.05) is 182 Å². The topological polar surface area (TPSA) is 18.5 Å². The van der Waals surface area contributed by atoms with Crippen molar-refractivity contribution in [1.29, 1.82) is 0 Å². The third-order valence-corrected chi connectivity index (χ3v) is 15.2. The Kier molecular flexibility index (Phi) is 11.0. The van der Waals surface area contributed by atoms with Crippen LogP contribution in [0.2, 0.25) is 0 Å². The number of thioether (sulfide) groups is 1. The molecule has 0 amide bonds. The highest BCUT2D eigenvalue weighted by atomic mass is 32.2. The molecule has 6 aromatic rings. The molecular formula is C53H54O2S. The number of ether oxygens (including phenoxy) is 2. The van der Waals surface area contributed by atoms with E-state index in [1.54, 1.807) is 0 Å². The molecule has 6 aromatic carbocycles. The standard InChI is InChI=1S/C53H54O2S/c1-7-22-41(23-8-1)40-47-36-39-56-53(49-35-21-38-55-49,48-34-19-20-37-54-48)52(47,50(42-24-9-2-10-25-42)43-26-11-3-12-27-43)51(44-28-13-4-14-29-44,45-30-15-5-16-31-45)46-32-17-6-18-33-46/h1-18,22-33,47-50H,19-21,34-40H2. The molecule has 56 heavy (non-hydrogen) atoms. The Morgan fingerprint density at radius 2 is 0.929 bits per heavy atom. The van der Waals surface area contributed by atoms with Crippen molar-refractivity contribution in [3.63, 3.8) is 0 Å². The molecule has 2 nitrogen and oxygen atoms in total. The summed E-state index contributed by atoms with van der Waals surface area (Å²) in [6.45, 7) is 1.57. The quantitative estimate of drug-likeness (QED) is 0.123. The van der Waals surface area contributed by atoms with E-state index in [2.05, 4.69) is 194 Å². The molecule has 9 rings (SSSR count). The predicted molar refractivity (Wildman–Crippen MR) is 232 cm³/mol. The minimum absolute atomic E-state index is 0.000361. The fourth-order valence-electron chi connectivity index (χ4n) is 11.7. The zero-order valence-corrected chi connectivity index (χ0v) is 33.2. The van der Waals surface area contributed by atoms with Crippen molar-refractivity contribution in [2.24, 2.45) is 11.3 Å². The van der Waals surface area contributed by atoms with Crippen molar-refractivity contribution in [3.05, 3.63) is 215 Å². The first-order valence-corrected chi connectivity index (χ1v) is 22.0. The van der Waals surface area contributed by atoms with E-state index in [4.69, 9.17) is 9.47 Å². The van der Waals surface area contributed by atoms with Gasteiger partial charge in [0.25, 0.3) is 0 Å². The van der Waals surface area contributed by atoms with Gasteiger partial charge >= 0.3 is 0 Å². The van der Waals surface area contributed by atoms with Gasteiger partial charge in [0.15, 0.2) is 0 Å². The maximum atomic E-state index is 7.41. The molecule has 0 aromatic heterocycles. The second-order valence-corrected chi connectivity index (χ2v) is 17.5. The van der Waals surface area contributed by atoms with Gasteiger partial charge in [-0.3, -0.25) is 0 Å². The Hall–Kier alpha value is -4.41. The van der Waals surface area contributed by atoms with Crippen molar-refractivity contribution in [2.75, 3.05) is 19.0 Å². The van der Waals surface area contributed by atoms with Crippen LogP contribution in [-0.4, -0.2) is 35.9 Å². The lowest BCUT2D eigenvalue weighted by atomic mass is 9.37. The molecule has 0 radical (unpaired) electrons. The van der Waals surface area contributed by atoms with Gasteiger partial charge in [0.2, 0.25) is 0 Å². The number of benzene rings is 6. The Morgan fingerprint density at radius 1 is 0.500 bits per heavy atom. The summed E-state index contributed by atoms with van der Waals surface area (Å²) in [4.78, 5) is 0. The van der Waals surface area contributed by atoms with Gasteiger partial charge in [0, 0.05) is 24.5 Å². The van der Waals surface area contributed by atoms with Crippen molar-refractivity contribution < 1.29 is 9.47 Å². The third kappa shape index (κ3) is 6.18. The highest BCUT2D eigenvalue weighted by Crippen LogP contribution is 2.76. The van der Waals surface area contributed by atoms with E-state index >= 15 is 0 Å². The average Bonchev–Trinajstić information content (AvgIpc) is 3.83. The summed E-state index contributed by atoms with van der Waals surface area (Å²) >= 11 is 2.21. The molecule has 3 fully saturated rings. The van der Waals surface area contributed by atoms with Gasteiger partial charge in [-0.05, 0) is 90.0 Å². The van der Waals surface area contributed by atoms with Gasteiger partial charge in [-0.2, -0.15) is 0 Å². The second kappa shape index (κ2) is 16.6. The normalized spacial score (nSPS) is 25.6. The van der Waals surface area contributed by atoms with E-state index < -0.39 is 15.6 Å². The molecule has 0 bridgehead atoms. The molecule has 3 aliphatic rings. The van der Waals surface area contributed by atoms with E-state index in [1.807, 2.05) is 0 Å². The Bertz CT molecular complexity index is 1960. The Labute approximate surface area is 338 Å². The van der Waals surface area contributed by atoms with Crippen LogP contribution >= 0.6 is 11.8 Å². The first kappa shape index (κ1) is 37.2. The molecule has 5 unspecified atom stereocenters. The summed E-state index contributed by atoms with van der Waals surface area (Å²) in [5.41, 5.74) is 6.86. The molecule has 0 spiro atoms. The fourth-order valence-corrected chi connectivity index (χ4v) is 13.8. The van der Waals surface area contributed by atoms with Crippen LogP contribution in [0.5, 0.6) is 0 Å². The van der Waals surface area contributed by atoms with Gasteiger partial charge in [-0.25, -0.2) is 0 Å². The van der Waals surface area contributed by atoms with Crippen LogP contribution in [0.1, 0.15) is 77.8 Å². The molecule has 0 aliphatic carbocycles. The first-order chi connectivity index (χ1) is 27.8. The molecule has 0 N–H and O–H groups in total. The summed E-state index contributed by atoms with van der Waals surface area (Å²) < 4.78 is 14.3. The number of hydrogen-bond acceptors (Lipinski definition) is 3. The van der Waals surface area contributed by atoms with Gasteiger partial charge in [0.1, 0.15) is 0 Å².